The van der Waals surface area contributed by atoms with Crippen molar-refractivity contribution in [1.29, 1.82) is 0 Å². The number of nitrogens with two attached hydrogens (primary N) is 1. The van der Waals surface area contributed by atoms with Gasteiger partial charge in [0.25, 0.3) is 0 Å². The molecule has 1 atom stereocenters. The second-order valence-electron chi connectivity index (χ2n) is 4.73. The molecule has 0 radical (unpaired) electrons. The van der Waals surface area contributed by atoms with Crippen molar-refractivity contribution >= 4 is 5.78 Å². The van der Waals surface area contributed by atoms with E-state index < -0.39 is 6.04 Å². The van der Waals surface area contributed by atoms with Crippen molar-refractivity contribution in [3.05, 3.63) is 29.3 Å². The molecule has 17 heavy (non-hydrogen) atoms. The highest BCUT2D eigenvalue weighted by atomic mass is 16.5. The smallest absolute Gasteiger partial charge is 0.154 e. The zero-order chi connectivity index (χ0) is 13.0. The fourth-order valence-corrected chi connectivity index (χ4v) is 1.72. The molecule has 1 aromatic carbocycles. The number of aryl methyl sites for hydroxylation is 1. The lowest BCUT2D eigenvalue weighted by atomic mass is 9.95. The first-order valence-corrected chi connectivity index (χ1v) is 5.87. The topological polar surface area (TPSA) is 52.3 Å². The normalized spacial score (nSPS) is 12.6. The summed E-state index contributed by atoms with van der Waals surface area (Å²) < 4.78 is 5.25. The van der Waals surface area contributed by atoms with Crippen LogP contribution in [0.3, 0.4) is 0 Å². The van der Waals surface area contributed by atoms with Gasteiger partial charge in [-0.1, -0.05) is 31.5 Å². The summed E-state index contributed by atoms with van der Waals surface area (Å²) in [5, 5.41) is 0. The van der Waals surface area contributed by atoms with Gasteiger partial charge in [0.1, 0.15) is 5.75 Å². The van der Waals surface area contributed by atoms with E-state index in [1.54, 1.807) is 7.11 Å². The quantitative estimate of drug-likeness (QED) is 0.850. The highest BCUT2D eigenvalue weighted by molar-refractivity contribution is 5.86. The molecule has 0 heterocycles. The summed E-state index contributed by atoms with van der Waals surface area (Å²) in [5.74, 6) is 0.974. The maximum absolute atomic E-state index is 12.0. The molecule has 3 nitrogen and oxygen atoms in total. The molecule has 0 saturated heterocycles. The van der Waals surface area contributed by atoms with Gasteiger partial charge >= 0.3 is 0 Å². The van der Waals surface area contributed by atoms with E-state index >= 15 is 0 Å². The van der Waals surface area contributed by atoms with Crippen molar-refractivity contribution in [1.82, 2.24) is 0 Å². The molecular formula is C14H21NO2. The first kappa shape index (κ1) is 13.7. The van der Waals surface area contributed by atoms with E-state index in [1.165, 1.54) is 0 Å². The van der Waals surface area contributed by atoms with Crippen molar-refractivity contribution < 1.29 is 9.53 Å². The molecule has 0 aromatic heterocycles. The lowest BCUT2D eigenvalue weighted by molar-refractivity contribution is -0.120. The van der Waals surface area contributed by atoms with Gasteiger partial charge in [-0.3, -0.25) is 4.79 Å². The summed E-state index contributed by atoms with van der Waals surface area (Å²) in [6.07, 6.45) is 0.338. The molecule has 0 aliphatic heterocycles. The van der Waals surface area contributed by atoms with E-state index in [2.05, 4.69) is 0 Å². The molecule has 94 valence electrons. The lowest BCUT2D eigenvalue weighted by Gasteiger charge is -2.15. The number of Topliss-reactive ketones (excluding diaryl/α,β-unsaturated/α-hetero) is 1. The Bertz CT molecular complexity index is 399. The standard InChI is InChI=1S/C14H21NO2/c1-9(2)14(15)12(16)8-11-7-10(3)5-6-13(11)17-4/h5-7,9,14H,8,15H2,1-4H3. The highest BCUT2D eigenvalue weighted by Crippen LogP contribution is 2.21. The third-order valence-electron chi connectivity index (χ3n) is 2.89. The van der Waals surface area contributed by atoms with Crippen molar-refractivity contribution in [3.8, 4) is 5.75 Å². The van der Waals surface area contributed by atoms with E-state index in [-0.39, 0.29) is 11.7 Å². The summed E-state index contributed by atoms with van der Waals surface area (Å²) in [5.41, 5.74) is 7.88. The Balaban J connectivity index is 2.87. The molecule has 0 bridgehead atoms. The number of methoxy groups -OCH3 is 1. The predicted molar refractivity (Wildman–Crippen MR) is 69.3 cm³/mol. The summed E-state index contributed by atoms with van der Waals surface area (Å²) >= 11 is 0. The summed E-state index contributed by atoms with van der Waals surface area (Å²) in [6, 6.07) is 5.43. The van der Waals surface area contributed by atoms with Gasteiger partial charge in [-0.05, 0) is 18.9 Å². The zero-order valence-corrected chi connectivity index (χ0v) is 11.0. The molecule has 0 aliphatic rings. The summed E-state index contributed by atoms with van der Waals surface area (Å²) in [7, 11) is 1.61. The monoisotopic (exact) mass is 235 g/mol. The molecule has 1 unspecified atom stereocenters. The van der Waals surface area contributed by atoms with Crippen LogP contribution in [-0.2, 0) is 11.2 Å². The van der Waals surface area contributed by atoms with Gasteiger partial charge in [0, 0.05) is 12.0 Å². The Kier molecular flexibility index (Phi) is 4.70. The number of hydrogen-bond acceptors (Lipinski definition) is 3. The SMILES string of the molecule is COc1ccc(C)cc1CC(=O)C(N)C(C)C. The Morgan fingerprint density at radius 3 is 2.59 bits per heavy atom. The number of benzene rings is 1. The summed E-state index contributed by atoms with van der Waals surface area (Å²) in [6.45, 7) is 5.90. The van der Waals surface area contributed by atoms with Crippen LogP contribution in [0, 0.1) is 12.8 Å². The van der Waals surface area contributed by atoms with Crippen molar-refractivity contribution in [2.45, 2.75) is 33.2 Å². The van der Waals surface area contributed by atoms with E-state index in [9.17, 15) is 4.79 Å². The molecule has 2 N–H and O–H groups in total. The van der Waals surface area contributed by atoms with Crippen LogP contribution in [0.15, 0.2) is 18.2 Å². The van der Waals surface area contributed by atoms with Crippen molar-refractivity contribution in [2.75, 3.05) is 7.11 Å². The minimum Gasteiger partial charge on any atom is -0.496 e. The first-order chi connectivity index (χ1) is 7.95. The summed E-state index contributed by atoms with van der Waals surface area (Å²) in [4.78, 5) is 12.0. The highest BCUT2D eigenvalue weighted by Gasteiger charge is 2.18. The van der Waals surface area contributed by atoms with Gasteiger partial charge in [0.05, 0.1) is 13.2 Å². The number of ketones is 1. The Labute approximate surface area is 103 Å². The van der Waals surface area contributed by atoms with E-state index in [1.807, 2.05) is 39.0 Å². The van der Waals surface area contributed by atoms with Crippen LogP contribution in [-0.4, -0.2) is 18.9 Å². The van der Waals surface area contributed by atoms with Crippen molar-refractivity contribution in [3.63, 3.8) is 0 Å². The maximum atomic E-state index is 12.0. The van der Waals surface area contributed by atoms with E-state index in [0.29, 0.717) is 6.42 Å². The largest absolute Gasteiger partial charge is 0.496 e. The van der Waals surface area contributed by atoms with Gasteiger partial charge in [-0.15, -0.1) is 0 Å². The maximum Gasteiger partial charge on any atom is 0.154 e. The molecule has 0 spiro atoms. The van der Waals surface area contributed by atoms with Crippen LogP contribution in [0.25, 0.3) is 0 Å². The van der Waals surface area contributed by atoms with E-state index in [0.717, 1.165) is 16.9 Å². The van der Waals surface area contributed by atoms with Crippen LogP contribution in [0.1, 0.15) is 25.0 Å². The molecule has 0 amide bonds. The number of carbonyl (C=O) groups is 1. The zero-order valence-electron chi connectivity index (χ0n) is 11.0. The molecule has 1 rings (SSSR count). The third-order valence-corrected chi connectivity index (χ3v) is 2.89. The van der Waals surface area contributed by atoms with Crippen LogP contribution in [0.2, 0.25) is 0 Å². The van der Waals surface area contributed by atoms with Crippen LogP contribution in [0.5, 0.6) is 5.75 Å². The number of hydrogen-bond donors (Lipinski definition) is 1. The fourth-order valence-electron chi connectivity index (χ4n) is 1.72. The molecule has 0 aliphatic carbocycles. The van der Waals surface area contributed by atoms with Crippen LogP contribution >= 0.6 is 0 Å². The third kappa shape index (κ3) is 3.56. The Hall–Kier alpha value is -1.35. The average molecular weight is 235 g/mol. The molecule has 3 heteroatoms. The number of rotatable bonds is 5. The number of carbonyl (C=O) groups excluding carboxylic acids is 1. The Morgan fingerprint density at radius 1 is 1.41 bits per heavy atom. The fraction of sp³-hybridized carbons (Fsp3) is 0.500. The van der Waals surface area contributed by atoms with E-state index in [4.69, 9.17) is 10.5 Å². The molecular weight excluding hydrogens is 214 g/mol. The Morgan fingerprint density at radius 2 is 2.06 bits per heavy atom. The number of ether oxygens (including phenoxy) is 1. The average Bonchev–Trinajstić information content (AvgIpc) is 2.28. The van der Waals surface area contributed by atoms with Crippen molar-refractivity contribution in [2.24, 2.45) is 11.7 Å². The second-order valence-corrected chi connectivity index (χ2v) is 4.73. The lowest BCUT2D eigenvalue weighted by Crippen LogP contribution is -2.36. The molecule has 0 saturated carbocycles. The first-order valence-electron chi connectivity index (χ1n) is 5.87. The predicted octanol–water partition coefficient (Wildman–Crippen LogP) is 2.10. The van der Waals surface area contributed by atoms with Gasteiger partial charge in [-0.25, -0.2) is 0 Å². The van der Waals surface area contributed by atoms with Gasteiger partial charge < -0.3 is 10.5 Å². The van der Waals surface area contributed by atoms with Crippen LogP contribution in [0.4, 0.5) is 0 Å². The second kappa shape index (κ2) is 5.82. The van der Waals surface area contributed by atoms with Gasteiger partial charge in [0.15, 0.2) is 5.78 Å². The van der Waals surface area contributed by atoms with Gasteiger partial charge in [-0.2, -0.15) is 0 Å². The minimum atomic E-state index is -0.403. The van der Waals surface area contributed by atoms with Crippen LogP contribution < -0.4 is 10.5 Å². The molecule has 0 fully saturated rings. The van der Waals surface area contributed by atoms with Gasteiger partial charge in [0.2, 0.25) is 0 Å². The minimum absolute atomic E-state index is 0.0592. The molecule has 1 aromatic rings.